The first-order valence-corrected chi connectivity index (χ1v) is 7.68. The van der Waals surface area contributed by atoms with Crippen LogP contribution >= 0.6 is 11.8 Å². The molecular formula is C12H20N2O3S. The SMILES string of the molecule is O=C(O)C1CCCN(C(=O)NC2CCSCC2)C1. The van der Waals surface area contributed by atoms with E-state index in [0.717, 1.165) is 30.8 Å². The van der Waals surface area contributed by atoms with Gasteiger partial charge in [0.2, 0.25) is 0 Å². The Morgan fingerprint density at radius 3 is 2.61 bits per heavy atom. The minimum Gasteiger partial charge on any atom is -0.481 e. The first-order chi connectivity index (χ1) is 8.66. The summed E-state index contributed by atoms with van der Waals surface area (Å²) in [6.45, 7) is 1.03. The molecule has 18 heavy (non-hydrogen) atoms. The number of hydrogen-bond donors (Lipinski definition) is 2. The summed E-state index contributed by atoms with van der Waals surface area (Å²) in [4.78, 5) is 24.7. The van der Waals surface area contributed by atoms with E-state index in [0.29, 0.717) is 19.5 Å². The lowest BCUT2D eigenvalue weighted by molar-refractivity contribution is -0.143. The maximum atomic E-state index is 12.0. The average Bonchev–Trinajstić information content (AvgIpc) is 2.40. The van der Waals surface area contributed by atoms with Crippen LogP contribution in [-0.4, -0.2) is 52.6 Å². The van der Waals surface area contributed by atoms with Crippen molar-refractivity contribution in [2.45, 2.75) is 31.7 Å². The zero-order valence-electron chi connectivity index (χ0n) is 10.4. The number of carbonyl (C=O) groups excluding carboxylic acids is 1. The fraction of sp³-hybridized carbons (Fsp3) is 0.833. The van der Waals surface area contributed by atoms with Gasteiger partial charge < -0.3 is 15.3 Å². The molecule has 102 valence electrons. The van der Waals surface area contributed by atoms with Gasteiger partial charge in [-0.15, -0.1) is 0 Å². The Morgan fingerprint density at radius 2 is 1.94 bits per heavy atom. The second-order valence-electron chi connectivity index (χ2n) is 4.96. The predicted molar refractivity (Wildman–Crippen MR) is 70.8 cm³/mol. The Hall–Kier alpha value is -0.910. The van der Waals surface area contributed by atoms with E-state index < -0.39 is 11.9 Å². The van der Waals surface area contributed by atoms with E-state index in [1.54, 1.807) is 4.90 Å². The van der Waals surface area contributed by atoms with Gasteiger partial charge in [-0.05, 0) is 37.2 Å². The number of carbonyl (C=O) groups is 2. The molecule has 0 radical (unpaired) electrons. The lowest BCUT2D eigenvalue weighted by Crippen LogP contribution is -2.50. The van der Waals surface area contributed by atoms with Crippen LogP contribution in [0.5, 0.6) is 0 Å². The van der Waals surface area contributed by atoms with E-state index in [4.69, 9.17) is 5.11 Å². The van der Waals surface area contributed by atoms with Gasteiger partial charge in [-0.3, -0.25) is 4.79 Å². The van der Waals surface area contributed by atoms with Gasteiger partial charge in [-0.2, -0.15) is 11.8 Å². The third-order valence-corrected chi connectivity index (χ3v) is 4.66. The molecule has 1 atom stereocenters. The molecule has 0 aliphatic carbocycles. The van der Waals surface area contributed by atoms with Crippen molar-refractivity contribution in [1.82, 2.24) is 10.2 Å². The Balaban J connectivity index is 1.82. The molecule has 2 amide bonds. The number of nitrogens with zero attached hydrogens (tertiary/aromatic N) is 1. The number of carboxylic acid groups (broad SMARTS) is 1. The molecule has 0 saturated carbocycles. The Kier molecular flexibility index (Phi) is 4.74. The molecule has 2 saturated heterocycles. The van der Waals surface area contributed by atoms with Gasteiger partial charge in [0.25, 0.3) is 0 Å². The summed E-state index contributed by atoms with van der Waals surface area (Å²) in [7, 11) is 0. The lowest BCUT2D eigenvalue weighted by atomic mass is 9.98. The molecule has 1 unspecified atom stereocenters. The molecule has 2 aliphatic rings. The van der Waals surface area contributed by atoms with Crippen molar-refractivity contribution in [3.05, 3.63) is 0 Å². The number of hydrogen-bond acceptors (Lipinski definition) is 3. The fourth-order valence-corrected chi connectivity index (χ4v) is 3.58. The van der Waals surface area contributed by atoms with Crippen molar-refractivity contribution in [1.29, 1.82) is 0 Å². The van der Waals surface area contributed by atoms with Crippen molar-refractivity contribution in [3.63, 3.8) is 0 Å². The van der Waals surface area contributed by atoms with Crippen LogP contribution in [0.4, 0.5) is 4.79 Å². The van der Waals surface area contributed by atoms with Crippen LogP contribution in [0.2, 0.25) is 0 Å². The summed E-state index contributed by atoms with van der Waals surface area (Å²) >= 11 is 1.92. The Morgan fingerprint density at radius 1 is 1.22 bits per heavy atom. The lowest BCUT2D eigenvalue weighted by Gasteiger charge is -2.33. The topological polar surface area (TPSA) is 69.6 Å². The first-order valence-electron chi connectivity index (χ1n) is 6.53. The number of likely N-dealkylation sites (tertiary alicyclic amines) is 1. The van der Waals surface area contributed by atoms with Gasteiger partial charge in [-0.1, -0.05) is 0 Å². The third-order valence-electron chi connectivity index (χ3n) is 3.61. The van der Waals surface area contributed by atoms with Gasteiger partial charge in [0.15, 0.2) is 0 Å². The molecule has 2 aliphatic heterocycles. The number of amides is 2. The molecule has 0 aromatic carbocycles. The van der Waals surface area contributed by atoms with Crippen molar-refractivity contribution in [2.24, 2.45) is 5.92 Å². The zero-order valence-corrected chi connectivity index (χ0v) is 11.2. The van der Waals surface area contributed by atoms with Crippen molar-refractivity contribution < 1.29 is 14.7 Å². The largest absolute Gasteiger partial charge is 0.481 e. The van der Waals surface area contributed by atoms with Crippen LogP contribution in [0.1, 0.15) is 25.7 Å². The first kappa shape index (κ1) is 13.5. The molecule has 0 spiro atoms. The fourth-order valence-electron chi connectivity index (χ4n) is 2.47. The number of rotatable bonds is 2. The van der Waals surface area contributed by atoms with E-state index in [1.165, 1.54) is 0 Å². The number of thioether (sulfide) groups is 1. The Bertz CT molecular complexity index is 318. The van der Waals surface area contributed by atoms with Crippen LogP contribution in [0.25, 0.3) is 0 Å². The number of urea groups is 1. The van der Waals surface area contributed by atoms with Crippen LogP contribution < -0.4 is 5.32 Å². The van der Waals surface area contributed by atoms with E-state index >= 15 is 0 Å². The zero-order chi connectivity index (χ0) is 13.0. The highest BCUT2D eigenvalue weighted by atomic mass is 32.2. The molecule has 2 rings (SSSR count). The van der Waals surface area contributed by atoms with Crippen LogP contribution in [0.15, 0.2) is 0 Å². The molecule has 0 bridgehead atoms. The summed E-state index contributed by atoms with van der Waals surface area (Å²) in [5.41, 5.74) is 0. The summed E-state index contributed by atoms with van der Waals surface area (Å²) in [5, 5.41) is 12.0. The second-order valence-corrected chi connectivity index (χ2v) is 6.18. The standard InChI is InChI=1S/C12H20N2O3S/c15-11(16)9-2-1-5-14(8-9)12(17)13-10-3-6-18-7-4-10/h9-10H,1-8H2,(H,13,17)(H,15,16). The van der Waals surface area contributed by atoms with E-state index in [-0.39, 0.29) is 12.1 Å². The average molecular weight is 272 g/mol. The van der Waals surface area contributed by atoms with Gasteiger partial charge in [0.1, 0.15) is 0 Å². The molecule has 5 nitrogen and oxygen atoms in total. The summed E-state index contributed by atoms with van der Waals surface area (Å²) in [5.74, 6) is 1.01. The van der Waals surface area contributed by atoms with Crippen LogP contribution in [0, 0.1) is 5.92 Å². The number of carboxylic acids is 1. The smallest absolute Gasteiger partial charge is 0.317 e. The van der Waals surface area contributed by atoms with Crippen LogP contribution in [0.3, 0.4) is 0 Å². The monoisotopic (exact) mass is 272 g/mol. The highest BCUT2D eigenvalue weighted by Crippen LogP contribution is 2.19. The highest BCUT2D eigenvalue weighted by Gasteiger charge is 2.29. The molecular weight excluding hydrogens is 252 g/mol. The number of piperidine rings is 1. The quantitative estimate of drug-likeness (QED) is 0.797. The van der Waals surface area contributed by atoms with E-state index in [2.05, 4.69) is 5.32 Å². The highest BCUT2D eigenvalue weighted by molar-refractivity contribution is 7.99. The molecule has 2 N–H and O–H groups in total. The van der Waals surface area contributed by atoms with Crippen LogP contribution in [-0.2, 0) is 4.79 Å². The van der Waals surface area contributed by atoms with E-state index in [9.17, 15) is 9.59 Å². The predicted octanol–water partition coefficient (Wildman–Crippen LogP) is 1.39. The molecule has 0 aromatic rings. The second kappa shape index (κ2) is 6.31. The summed E-state index contributed by atoms with van der Waals surface area (Å²) in [6, 6.07) is 0.182. The van der Waals surface area contributed by atoms with Gasteiger partial charge in [-0.25, -0.2) is 4.79 Å². The van der Waals surface area contributed by atoms with Crippen molar-refractivity contribution in [3.8, 4) is 0 Å². The Labute approximate surface area is 111 Å². The maximum Gasteiger partial charge on any atom is 0.317 e. The van der Waals surface area contributed by atoms with Gasteiger partial charge in [0.05, 0.1) is 5.92 Å². The molecule has 2 heterocycles. The van der Waals surface area contributed by atoms with Crippen molar-refractivity contribution >= 4 is 23.8 Å². The molecule has 0 aromatic heterocycles. The number of aliphatic carboxylic acids is 1. The van der Waals surface area contributed by atoms with Gasteiger partial charge in [0, 0.05) is 19.1 Å². The number of nitrogens with one attached hydrogen (secondary N) is 1. The summed E-state index contributed by atoms with van der Waals surface area (Å²) in [6.07, 6.45) is 3.50. The molecule has 6 heteroatoms. The third kappa shape index (κ3) is 3.54. The minimum atomic E-state index is -0.790. The summed E-state index contributed by atoms with van der Waals surface area (Å²) < 4.78 is 0. The normalized spacial score (nSPS) is 25.8. The van der Waals surface area contributed by atoms with Crippen molar-refractivity contribution in [2.75, 3.05) is 24.6 Å². The minimum absolute atomic E-state index is 0.0853. The maximum absolute atomic E-state index is 12.0. The molecule has 2 fully saturated rings. The van der Waals surface area contributed by atoms with Gasteiger partial charge >= 0.3 is 12.0 Å². The van der Waals surface area contributed by atoms with E-state index in [1.807, 2.05) is 11.8 Å².